The number of aliphatic hydroxyl groups excluding tert-OH is 1. The highest BCUT2D eigenvalue weighted by Gasteiger charge is 2.27. The number of carbonyl (C=O) groups is 2. The summed E-state index contributed by atoms with van der Waals surface area (Å²) in [5, 5.41) is 17.6. The van der Waals surface area contributed by atoms with E-state index < -0.39 is 6.10 Å². The number of hydrogen-bond donors (Lipinski definition) is 4. The lowest BCUT2D eigenvalue weighted by atomic mass is 10.2. The minimum atomic E-state index is -0.446. The first-order chi connectivity index (χ1) is 8.13. The quantitative estimate of drug-likeness (QED) is 0.469. The molecule has 0 radical (unpaired) electrons. The van der Waals surface area contributed by atoms with Gasteiger partial charge >= 0.3 is 0 Å². The Morgan fingerprint density at radius 2 is 2.12 bits per heavy atom. The van der Waals surface area contributed by atoms with Crippen LogP contribution in [0.2, 0.25) is 0 Å². The predicted molar refractivity (Wildman–Crippen MR) is 63.3 cm³/mol. The molecule has 4 N–H and O–H groups in total. The van der Waals surface area contributed by atoms with Gasteiger partial charge in [0, 0.05) is 26.1 Å². The van der Waals surface area contributed by atoms with Gasteiger partial charge in [0.05, 0.1) is 12.1 Å². The van der Waals surface area contributed by atoms with Gasteiger partial charge in [-0.3, -0.25) is 9.59 Å². The molecule has 6 nitrogen and oxygen atoms in total. The average Bonchev–Trinajstić information content (AvgIpc) is 2.73. The van der Waals surface area contributed by atoms with Crippen LogP contribution in [-0.2, 0) is 9.59 Å². The Labute approximate surface area is 101 Å². The Kier molecular flexibility index (Phi) is 5.93. The van der Waals surface area contributed by atoms with Gasteiger partial charge in [-0.25, -0.2) is 0 Å². The lowest BCUT2D eigenvalue weighted by molar-refractivity contribution is -0.123. The summed E-state index contributed by atoms with van der Waals surface area (Å²) in [7, 11) is 0. The summed E-state index contributed by atoms with van der Waals surface area (Å²) in [5.74, 6) is -0.198. The molecule has 1 heterocycles. The highest BCUT2D eigenvalue weighted by Crippen LogP contribution is 2.05. The molecular formula is C11H21N3O3. The van der Waals surface area contributed by atoms with Crippen molar-refractivity contribution in [2.45, 2.75) is 38.3 Å². The van der Waals surface area contributed by atoms with Gasteiger partial charge in [-0.1, -0.05) is 6.92 Å². The summed E-state index contributed by atoms with van der Waals surface area (Å²) in [4.78, 5) is 22.8. The lowest BCUT2D eigenvalue weighted by Crippen LogP contribution is -2.41. The largest absolute Gasteiger partial charge is 0.392 e. The van der Waals surface area contributed by atoms with Gasteiger partial charge in [0.2, 0.25) is 11.8 Å². The molecule has 6 heteroatoms. The number of aliphatic hydroxyl groups is 1. The molecule has 0 spiro atoms. The standard InChI is InChI=1S/C11H21N3O3/c1-2-4-12-10(16)3-5-13-11(17)9-6-8(15)7-14-9/h8-9,14-15H,2-7H2,1H3,(H,12,16)(H,13,17). The van der Waals surface area contributed by atoms with Crippen molar-refractivity contribution in [1.82, 2.24) is 16.0 Å². The van der Waals surface area contributed by atoms with Gasteiger partial charge in [0.25, 0.3) is 0 Å². The van der Waals surface area contributed by atoms with Crippen molar-refractivity contribution >= 4 is 11.8 Å². The molecule has 0 bridgehead atoms. The third-order valence-electron chi connectivity index (χ3n) is 2.65. The van der Waals surface area contributed by atoms with E-state index in [0.29, 0.717) is 32.5 Å². The minimum absolute atomic E-state index is 0.0495. The highest BCUT2D eigenvalue weighted by atomic mass is 16.3. The average molecular weight is 243 g/mol. The summed E-state index contributed by atoms with van der Waals surface area (Å²) in [6.07, 6.45) is 1.19. The van der Waals surface area contributed by atoms with E-state index in [1.54, 1.807) is 0 Å². The molecular weight excluding hydrogens is 222 g/mol. The van der Waals surface area contributed by atoms with Crippen LogP contribution in [0.15, 0.2) is 0 Å². The van der Waals surface area contributed by atoms with Crippen molar-refractivity contribution in [3.05, 3.63) is 0 Å². The molecule has 0 aromatic carbocycles. The van der Waals surface area contributed by atoms with Crippen molar-refractivity contribution < 1.29 is 14.7 Å². The van der Waals surface area contributed by atoms with Crippen LogP contribution in [0.3, 0.4) is 0 Å². The van der Waals surface area contributed by atoms with Crippen LogP contribution in [-0.4, -0.2) is 48.7 Å². The van der Waals surface area contributed by atoms with E-state index >= 15 is 0 Å². The van der Waals surface area contributed by atoms with Gasteiger partial charge in [-0.2, -0.15) is 0 Å². The Balaban J connectivity index is 2.10. The molecule has 0 aromatic heterocycles. The molecule has 1 aliphatic rings. The van der Waals surface area contributed by atoms with Crippen molar-refractivity contribution in [2.75, 3.05) is 19.6 Å². The fraction of sp³-hybridized carbons (Fsp3) is 0.818. The molecule has 2 amide bonds. The van der Waals surface area contributed by atoms with Gasteiger partial charge < -0.3 is 21.1 Å². The first-order valence-corrected chi connectivity index (χ1v) is 6.09. The molecule has 1 fully saturated rings. The van der Waals surface area contributed by atoms with E-state index in [-0.39, 0.29) is 17.9 Å². The van der Waals surface area contributed by atoms with Crippen LogP contribution in [0.4, 0.5) is 0 Å². The zero-order chi connectivity index (χ0) is 12.7. The Morgan fingerprint density at radius 1 is 1.35 bits per heavy atom. The maximum absolute atomic E-state index is 11.6. The molecule has 17 heavy (non-hydrogen) atoms. The van der Waals surface area contributed by atoms with E-state index in [4.69, 9.17) is 0 Å². The topological polar surface area (TPSA) is 90.5 Å². The number of rotatable bonds is 6. The molecule has 2 atom stereocenters. The maximum atomic E-state index is 11.6. The summed E-state index contributed by atoms with van der Waals surface area (Å²) in [6.45, 7) is 3.44. The molecule has 0 aliphatic carbocycles. The van der Waals surface area contributed by atoms with E-state index in [1.165, 1.54) is 0 Å². The minimum Gasteiger partial charge on any atom is -0.392 e. The van der Waals surface area contributed by atoms with Crippen LogP contribution in [0, 0.1) is 0 Å². The molecule has 1 aliphatic heterocycles. The number of hydrogen-bond acceptors (Lipinski definition) is 4. The molecule has 1 saturated heterocycles. The van der Waals surface area contributed by atoms with Crippen molar-refractivity contribution in [2.24, 2.45) is 0 Å². The van der Waals surface area contributed by atoms with Crippen LogP contribution >= 0.6 is 0 Å². The van der Waals surface area contributed by atoms with Gasteiger partial charge in [0.1, 0.15) is 0 Å². The van der Waals surface area contributed by atoms with E-state index in [9.17, 15) is 14.7 Å². The van der Waals surface area contributed by atoms with Crippen molar-refractivity contribution in [3.63, 3.8) is 0 Å². The van der Waals surface area contributed by atoms with Crippen LogP contribution in [0.1, 0.15) is 26.2 Å². The number of carbonyl (C=O) groups excluding carboxylic acids is 2. The first-order valence-electron chi connectivity index (χ1n) is 6.09. The highest BCUT2D eigenvalue weighted by molar-refractivity contribution is 5.83. The van der Waals surface area contributed by atoms with E-state index in [2.05, 4.69) is 16.0 Å². The zero-order valence-corrected chi connectivity index (χ0v) is 10.2. The summed E-state index contributed by atoms with van der Waals surface area (Å²) in [6, 6.07) is -0.330. The van der Waals surface area contributed by atoms with Gasteiger partial charge in [0.15, 0.2) is 0 Å². The number of β-amino-alcohol motifs (C(OH)–C–C–N with tert-alkyl or cyclic N) is 1. The second-order valence-corrected chi connectivity index (χ2v) is 4.24. The second-order valence-electron chi connectivity index (χ2n) is 4.24. The van der Waals surface area contributed by atoms with Crippen molar-refractivity contribution in [1.29, 1.82) is 0 Å². The second kappa shape index (κ2) is 7.24. The molecule has 2 unspecified atom stereocenters. The van der Waals surface area contributed by atoms with Gasteiger partial charge in [-0.15, -0.1) is 0 Å². The first kappa shape index (κ1) is 13.9. The smallest absolute Gasteiger partial charge is 0.237 e. The third kappa shape index (κ3) is 5.14. The third-order valence-corrected chi connectivity index (χ3v) is 2.65. The van der Waals surface area contributed by atoms with E-state index in [1.807, 2.05) is 6.92 Å². The van der Waals surface area contributed by atoms with Crippen LogP contribution < -0.4 is 16.0 Å². The number of nitrogens with one attached hydrogen (secondary N) is 3. The van der Waals surface area contributed by atoms with E-state index in [0.717, 1.165) is 6.42 Å². The normalized spacial score (nSPS) is 23.4. The zero-order valence-electron chi connectivity index (χ0n) is 10.2. The van der Waals surface area contributed by atoms with Gasteiger partial charge in [-0.05, 0) is 12.8 Å². The Bertz CT molecular complexity index is 271. The predicted octanol–water partition coefficient (Wildman–Crippen LogP) is -1.26. The molecule has 98 valence electrons. The SMILES string of the molecule is CCCNC(=O)CCNC(=O)C1CC(O)CN1. The van der Waals surface area contributed by atoms with Crippen LogP contribution in [0.5, 0.6) is 0 Å². The summed E-state index contributed by atoms with van der Waals surface area (Å²) >= 11 is 0. The Hall–Kier alpha value is -1.14. The molecule has 1 rings (SSSR count). The molecule has 0 saturated carbocycles. The summed E-state index contributed by atoms with van der Waals surface area (Å²) in [5.41, 5.74) is 0. The molecule has 0 aromatic rings. The number of amides is 2. The lowest BCUT2D eigenvalue weighted by Gasteiger charge is -2.10. The van der Waals surface area contributed by atoms with Crippen molar-refractivity contribution in [3.8, 4) is 0 Å². The fourth-order valence-corrected chi connectivity index (χ4v) is 1.69. The summed E-state index contributed by atoms with van der Waals surface area (Å²) < 4.78 is 0. The Morgan fingerprint density at radius 3 is 2.71 bits per heavy atom. The maximum Gasteiger partial charge on any atom is 0.237 e. The fourth-order valence-electron chi connectivity index (χ4n) is 1.69. The van der Waals surface area contributed by atoms with Crippen LogP contribution in [0.25, 0.3) is 0 Å². The monoisotopic (exact) mass is 243 g/mol.